The SMILES string of the molecule is Cc1cc(C)n(CC(=O)N2CCC(c3ccc(C(=O)N4CCN(C)CC4)cn3)CC2)n1. The number of likely N-dealkylation sites (N-methyl/N-ethyl adjacent to an activating group) is 1. The third kappa shape index (κ3) is 4.95. The number of hydrogen-bond donors (Lipinski definition) is 0. The minimum atomic E-state index is 0.0664. The number of carbonyl (C=O) groups excluding carboxylic acids is 2. The van der Waals surface area contributed by atoms with Gasteiger partial charge < -0.3 is 14.7 Å². The molecule has 0 aliphatic carbocycles. The first-order valence-electron chi connectivity index (χ1n) is 11.1. The minimum Gasteiger partial charge on any atom is -0.341 e. The number of hydrogen-bond acceptors (Lipinski definition) is 5. The summed E-state index contributed by atoms with van der Waals surface area (Å²) in [6.07, 6.45) is 3.50. The van der Waals surface area contributed by atoms with Gasteiger partial charge >= 0.3 is 0 Å². The van der Waals surface area contributed by atoms with E-state index in [4.69, 9.17) is 0 Å². The zero-order chi connectivity index (χ0) is 22.0. The van der Waals surface area contributed by atoms with Crippen LogP contribution in [0.5, 0.6) is 0 Å². The van der Waals surface area contributed by atoms with Crippen molar-refractivity contribution in [3.63, 3.8) is 0 Å². The number of pyridine rings is 1. The lowest BCUT2D eigenvalue weighted by Crippen LogP contribution is -2.47. The highest BCUT2D eigenvalue weighted by atomic mass is 16.2. The molecule has 2 saturated heterocycles. The Morgan fingerprint density at radius 1 is 1.00 bits per heavy atom. The summed E-state index contributed by atoms with van der Waals surface area (Å²) in [5.74, 6) is 0.507. The van der Waals surface area contributed by atoms with E-state index in [9.17, 15) is 9.59 Å². The molecule has 0 radical (unpaired) electrons. The molecule has 0 atom stereocenters. The Hall–Kier alpha value is -2.74. The van der Waals surface area contributed by atoms with Crippen molar-refractivity contribution < 1.29 is 9.59 Å². The van der Waals surface area contributed by atoms with Crippen molar-refractivity contribution in [1.82, 2.24) is 29.5 Å². The predicted molar refractivity (Wildman–Crippen MR) is 118 cm³/mol. The van der Waals surface area contributed by atoms with E-state index in [1.165, 1.54) is 0 Å². The molecule has 166 valence electrons. The van der Waals surface area contributed by atoms with Gasteiger partial charge in [0.2, 0.25) is 5.91 Å². The maximum absolute atomic E-state index is 12.7. The van der Waals surface area contributed by atoms with Gasteiger partial charge in [-0.05, 0) is 51.9 Å². The van der Waals surface area contributed by atoms with Crippen molar-refractivity contribution in [2.24, 2.45) is 0 Å². The van der Waals surface area contributed by atoms with Crippen LogP contribution in [0.4, 0.5) is 0 Å². The molecule has 8 nitrogen and oxygen atoms in total. The lowest BCUT2D eigenvalue weighted by molar-refractivity contribution is -0.133. The van der Waals surface area contributed by atoms with Gasteiger partial charge in [0.25, 0.3) is 5.91 Å². The number of likely N-dealkylation sites (tertiary alicyclic amines) is 1. The molecule has 2 aliphatic heterocycles. The summed E-state index contributed by atoms with van der Waals surface area (Å²) in [7, 11) is 2.08. The molecular formula is C23H32N6O2. The lowest BCUT2D eigenvalue weighted by atomic mass is 9.92. The second-order valence-electron chi connectivity index (χ2n) is 8.81. The Balaban J connectivity index is 1.30. The first kappa shape index (κ1) is 21.5. The van der Waals surface area contributed by atoms with Crippen molar-refractivity contribution in [3.8, 4) is 0 Å². The fourth-order valence-corrected chi connectivity index (χ4v) is 4.45. The largest absolute Gasteiger partial charge is 0.341 e. The van der Waals surface area contributed by atoms with Gasteiger partial charge in [0.05, 0.1) is 11.3 Å². The van der Waals surface area contributed by atoms with E-state index in [0.29, 0.717) is 18.0 Å². The van der Waals surface area contributed by atoms with Gasteiger partial charge in [-0.15, -0.1) is 0 Å². The molecule has 0 N–H and O–H groups in total. The average Bonchev–Trinajstić information content (AvgIpc) is 3.10. The van der Waals surface area contributed by atoms with Gasteiger partial charge in [-0.25, -0.2) is 0 Å². The lowest BCUT2D eigenvalue weighted by Gasteiger charge is -2.33. The maximum atomic E-state index is 12.7. The van der Waals surface area contributed by atoms with Gasteiger partial charge in [-0.2, -0.15) is 5.10 Å². The summed E-state index contributed by atoms with van der Waals surface area (Å²) in [6.45, 7) is 9.02. The molecule has 2 aliphatic rings. The average molecular weight is 425 g/mol. The number of amides is 2. The van der Waals surface area contributed by atoms with Crippen LogP contribution in [-0.2, 0) is 11.3 Å². The molecule has 8 heteroatoms. The van der Waals surface area contributed by atoms with Gasteiger partial charge in [-0.3, -0.25) is 19.3 Å². The van der Waals surface area contributed by atoms with Crippen LogP contribution in [0.2, 0.25) is 0 Å². The highest BCUT2D eigenvalue weighted by molar-refractivity contribution is 5.94. The van der Waals surface area contributed by atoms with E-state index in [2.05, 4.69) is 22.0 Å². The number of aromatic nitrogens is 3. The molecule has 0 spiro atoms. The van der Waals surface area contributed by atoms with Crippen LogP contribution in [0.25, 0.3) is 0 Å². The Kier molecular flexibility index (Phi) is 6.36. The van der Waals surface area contributed by atoms with Crippen LogP contribution in [0.15, 0.2) is 24.4 Å². The number of nitrogens with zero attached hydrogens (tertiary/aromatic N) is 6. The van der Waals surface area contributed by atoms with Crippen LogP contribution >= 0.6 is 0 Å². The molecule has 4 heterocycles. The third-order valence-electron chi connectivity index (χ3n) is 6.48. The van der Waals surface area contributed by atoms with Crippen molar-refractivity contribution in [2.75, 3.05) is 46.3 Å². The standard InChI is InChI=1S/C23H32N6O2/c1-17-14-18(2)29(25-17)16-22(30)27-8-6-19(7-9-27)21-5-4-20(15-24-21)23(31)28-12-10-26(3)11-13-28/h4-5,14-15,19H,6-13,16H2,1-3H3. The number of carbonyl (C=O) groups is 2. The van der Waals surface area contributed by atoms with E-state index in [-0.39, 0.29) is 11.8 Å². The van der Waals surface area contributed by atoms with Crippen LogP contribution < -0.4 is 0 Å². The van der Waals surface area contributed by atoms with Gasteiger partial charge in [-0.1, -0.05) is 0 Å². The van der Waals surface area contributed by atoms with Crippen molar-refractivity contribution in [1.29, 1.82) is 0 Å². The van der Waals surface area contributed by atoms with Gasteiger partial charge in [0.1, 0.15) is 6.54 Å². The van der Waals surface area contributed by atoms with Crippen molar-refractivity contribution >= 4 is 11.8 Å². The predicted octanol–water partition coefficient (Wildman–Crippen LogP) is 1.69. The van der Waals surface area contributed by atoms with Crippen LogP contribution in [0.1, 0.15) is 46.2 Å². The van der Waals surface area contributed by atoms with Crippen LogP contribution in [0, 0.1) is 13.8 Å². The third-order valence-corrected chi connectivity index (χ3v) is 6.48. The summed E-state index contributed by atoms with van der Waals surface area (Å²) in [5, 5.41) is 4.39. The molecule has 0 saturated carbocycles. The zero-order valence-electron chi connectivity index (χ0n) is 18.8. The Bertz CT molecular complexity index is 922. The molecule has 31 heavy (non-hydrogen) atoms. The molecule has 2 amide bonds. The number of aryl methyl sites for hydroxylation is 2. The van der Waals surface area contributed by atoms with Crippen LogP contribution in [0.3, 0.4) is 0 Å². The minimum absolute atomic E-state index is 0.0664. The Labute approximate surface area is 183 Å². The fraction of sp³-hybridized carbons (Fsp3) is 0.565. The van der Waals surface area contributed by atoms with E-state index >= 15 is 0 Å². The monoisotopic (exact) mass is 424 g/mol. The Morgan fingerprint density at radius 3 is 2.29 bits per heavy atom. The normalized spacial score (nSPS) is 18.4. The number of rotatable bonds is 4. The summed E-state index contributed by atoms with van der Waals surface area (Å²) in [4.78, 5) is 36.1. The van der Waals surface area contributed by atoms with E-state index in [1.54, 1.807) is 10.9 Å². The molecule has 2 aromatic heterocycles. The van der Waals surface area contributed by atoms with E-state index in [1.807, 2.05) is 41.8 Å². The topological polar surface area (TPSA) is 74.6 Å². The molecule has 0 unspecified atom stereocenters. The maximum Gasteiger partial charge on any atom is 0.255 e. The highest BCUT2D eigenvalue weighted by Gasteiger charge is 2.26. The first-order chi connectivity index (χ1) is 14.9. The van der Waals surface area contributed by atoms with Gasteiger partial charge in [0, 0.05) is 62.8 Å². The summed E-state index contributed by atoms with van der Waals surface area (Å²) in [6, 6.07) is 5.88. The van der Waals surface area contributed by atoms with E-state index in [0.717, 1.165) is 69.2 Å². The summed E-state index contributed by atoms with van der Waals surface area (Å²) < 4.78 is 1.78. The molecule has 0 bridgehead atoms. The van der Waals surface area contributed by atoms with Crippen molar-refractivity contribution in [2.45, 2.75) is 39.2 Å². The van der Waals surface area contributed by atoms with Crippen LogP contribution in [-0.4, -0.2) is 87.6 Å². The second kappa shape index (κ2) is 9.18. The molecule has 4 rings (SSSR count). The second-order valence-corrected chi connectivity index (χ2v) is 8.81. The molecule has 2 fully saturated rings. The quantitative estimate of drug-likeness (QED) is 0.747. The molecule has 2 aromatic rings. The first-order valence-corrected chi connectivity index (χ1v) is 11.1. The van der Waals surface area contributed by atoms with Crippen molar-refractivity contribution in [3.05, 3.63) is 47.0 Å². The zero-order valence-corrected chi connectivity index (χ0v) is 18.8. The number of piperazine rings is 1. The summed E-state index contributed by atoms with van der Waals surface area (Å²) >= 11 is 0. The van der Waals surface area contributed by atoms with Gasteiger partial charge in [0.15, 0.2) is 0 Å². The highest BCUT2D eigenvalue weighted by Crippen LogP contribution is 2.27. The fourth-order valence-electron chi connectivity index (χ4n) is 4.45. The molecular weight excluding hydrogens is 392 g/mol. The number of piperidine rings is 1. The summed E-state index contributed by atoms with van der Waals surface area (Å²) in [5.41, 5.74) is 3.62. The molecule has 0 aromatic carbocycles. The smallest absolute Gasteiger partial charge is 0.255 e. The Morgan fingerprint density at radius 2 is 1.71 bits per heavy atom. The van der Waals surface area contributed by atoms with E-state index < -0.39 is 0 Å².